The highest BCUT2D eigenvalue weighted by Crippen LogP contribution is 2.25. The van der Waals surface area contributed by atoms with E-state index in [9.17, 15) is 20.1 Å². The van der Waals surface area contributed by atoms with Crippen LogP contribution in [0, 0.1) is 22.7 Å². The molecular weight excluding hydrogens is 468 g/mol. The summed E-state index contributed by atoms with van der Waals surface area (Å²) < 4.78 is 4.29. The van der Waals surface area contributed by atoms with Crippen molar-refractivity contribution in [2.24, 2.45) is 12.8 Å². The van der Waals surface area contributed by atoms with Crippen LogP contribution < -0.4 is 21.9 Å². The lowest BCUT2D eigenvalue weighted by molar-refractivity contribution is 0.495. The minimum absolute atomic E-state index is 0.0311. The minimum atomic E-state index is -0.519. The molecule has 0 saturated carbocycles. The van der Waals surface area contributed by atoms with Crippen LogP contribution in [0.2, 0.25) is 0 Å². The van der Waals surface area contributed by atoms with Crippen LogP contribution in [0.3, 0.4) is 0 Å². The fraction of sp³-hybridized carbons (Fsp3) is 0.296. The van der Waals surface area contributed by atoms with Crippen molar-refractivity contribution in [2.75, 3.05) is 18.0 Å². The lowest BCUT2D eigenvalue weighted by atomic mass is 10.1. The van der Waals surface area contributed by atoms with Gasteiger partial charge in [-0.3, -0.25) is 18.5 Å². The number of benzene rings is 2. The minimum Gasteiger partial charge on any atom is -0.341 e. The quantitative estimate of drug-likeness (QED) is 0.445. The van der Waals surface area contributed by atoms with E-state index in [1.807, 2.05) is 17.0 Å². The van der Waals surface area contributed by atoms with E-state index in [-0.39, 0.29) is 30.3 Å². The van der Waals surface area contributed by atoms with Gasteiger partial charge in [-0.1, -0.05) is 36.4 Å². The Morgan fingerprint density at radius 2 is 1.57 bits per heavy atom. The molecule has 1 atom stereocenters. The van der Waals surface area contributed by atoms with Gasteiger partial charge >= 0.3 is 5.69 Å². The van der Waals surface area contributed by atoms with Gasteiger partial charge in [-0.25, -0.2) is 4.79 Å². The fourth-order valence-electron chi connectivity index (χ4n) is 4.96. The maximum atomic E-state index is 13.9. The third kappa shape index (κ3) is 4.28. The molecule has 1 aliphatic rings. The molecule has 2 N–H and O–H groups in total. The second kappa shape index (κ2) is 9.76. The number of nitrogens with zero attached hydrogens (tertiary/aromatic N) is 7. The van der Waals surface area contributed by atoms with Gasteiger partial charge in [0.2, 0.25) is 5.95 Å². The van der Waals surface area contributed by atoms with E-state index in [2.05, 4.69) is 12.1 Å². The van der Waals surface area contributed by atoms with E-state index in [1.54, 1.807) is 48.0 Å². The van der Waals surface area contributed by atoms with Gasteiger partial charge in [-0.15, -0.1) is 0 Å². The Balaban J connectivity index is 1.76. The smallest absolute Gasteiger partial charge is 0.332 e. The molecule has 0 bridgehead atoms. The van der Waals surface area contributed by atoms with E-state index >= 15 is 0 Å². The van der Waals surface area contributed by atoms with E-state index in [0.717, 1.165) is 23.0 Å². The number of nitrogens with two attached hydrogens (primary N) is 1. The van der Waals surface area contributed by atoms with Gasteiger partial charge in [0.15, 0.2) is 11.2 Å². The topological polar surface area (TPSA) is 139 Å². The van der Waals surface area contributed by atoms with Crippen molar-refractivity contribution < 1.29 is 0 Å². The Kier molecular flexibility index (Phi) is 6.34. The molecule has 0 amide bonds. The average Bonchev–Trinajstić information content (AvgIpc) is 3.30. The fourth-order valence-corrected chi connectivity index (χ4v) is 4.96. The Morgan fingerprint density at radius 1 is 0.973 bits per heavy atom. The predicted molar refractivity (Wildman–Crippen MR) is 139 cm³/mol. The maximum Gasteiger partial charge on any atom is 0.332 e. The lowest BCUT2D eigenvalue weighted by Gasteiger charge is -2.32. The van der Waals surface area contributed by atoms with Crippen molar-refractivity contribution in [1.82, 2.24) is 18.7 Å². The first-order chi connectivity index (χ1) is 17.9. The maximum absolute atomic E-state index is 13.9. The first kappa shape index (κ1) is 24.0. The molecule has 5 rings (SSSR count). The van der Waals surface area contributed by atoms with Crippen LogP contribution in [0.4, 0.5) is 5.95 Å². The van der Waals surface area contributed by atoms with Gasteiger partial charge < -0.3 is 10.6 Å². The van der Waals surface area contributed by atoms with Gasteiger partial charge in [0, 0.05) is 26.2 Å². The van der Waals surface area contributed by atoms with Crippen LogP contribution in [0.1, 0.15) is 35.1 Å². The number of nitriles is 2. The zero-order chi connectivity index (χ0) is 26.1. The van der Waals surface area contributed by atoms with Crippen LogP contribution in [-0.2, 0) is 20.1 Å². The van der Waals surface area contributed by atoms with Crippen molar-refractivity contribution >= 4 is 17.1 Å². The molecule has 0 radical (unpaired) electrons. The number of hydrogen-bond donors (Lipinski definition) is 1. The van der Waals surface area contributed by atoms with Crippen molar-refractivity contribution in [3.05, 3.63) is 91.6 Å². The molecule has 37 heavy (non-hydrogen) atoms. The number of anilines is 1. The van der Waals surface area contributed by atoms with E-state index in [0.29, 0.717) is 35.7 Å². The zero-order valence-electron chi connectivity index (χ0n) is 20.5. The van der Waals surface area contributed by atoms with Crippen LogP contribution >= 0.6 is 0 Å². The molecule has 2 aromatic carbocycles. The number of hydrogen-bond acceptors (Lipinski definition) is 7. The molecule has 2 aromatic heterocycles. The first-order valence-electron chi connectivity index (χ1n) is 12.1. The molecule has 1 fully saturated rings. The highest BCUT2D eigenvalue weighted by atomic mass is 16.2. The molecule has 1 aliphatic heterocycles. The summed E-state index contributed by atoms with van der Waals surface area (Å²) in [6.45, 7) is 1.47. The van der Waals surface area contributed by atoms with E-state index in [1.165, 1.54) is 4.57 Å². The van der Waals surface area contributed by atoms with Crippen molar-refractivity contribution in [3.8, 4) is 12.1 Å². The third-order valence-electron chi connectivity index (χ3n) is 6.89. The second-order valence-corrected chi connectivity index (χ2v) is 9.29. The largest absolute Gasteiger partial charge is 0.341 e. The summed E-state index contributed by atoms with van der Waals surface area (Å²) in [5.74, 6) is 0.542. The van der Waals surface area contributed by atoms with Gasteiger partial charge in [0.25, 0.3) is 5.56 Å². The molecular formula is C27H26N8O2. The molecule has 0 unspecified atom stereocenters. The molecule has 1 saturated heterocycles. The van der Waals surface area contributed by atoms with E-state index < -0.39 is 11.2 Å². The van der Waals surface area contributed by atoms with Crippen molar-refractivity contribution in [2.45, 2.75) is 32.0 Å². The molecule has 4 aromatic rings. The molecule has 10 heteroatoms. The Labute approximate surface area is 213 Å². The second-order valence-electron chi connectivity index (χ2n) is 9.29. The highest BCUT2D eigenvalue weighted by molar-refractivity contribution is 5.75. The van der Waals surface area contributed by atoms with Gasteiger partial charge in [-0.05, 0) is 36.1 Å². The van der Waals surface area contributed by atoms with Crippen LogP contribution in [0.15, 0.2) is 58.1 Å². The summed E-state index contributed by atoms with van der Waals surface area (Å²) in [5, 5.41) is 19.2. The molecule has 10 nitrogen and oxygen atoms in total. The van der Waals surface area contributed by atoms with Crippen LogP contribution in [-0.4, -0.2) is 37.8 Å². The van der Waals surface area contributed by atoms with Gasteiger partial charge in [0.05, 0.1) is 36.4 Å². The number of aromatic nitrogens is 4. The first-order valence-corrected chi connectivity index (χ1v) is 12.1. The van der Waals surface area contributed by atoms with Crippen molar-refractivity contribution in [3.63, 3.8) is 0 Å². The number of rotatable bonds is 5. The van der Waals surface area contributed by atoms with E-state index in [4.69, 9.17) is 10.7 Å². The summed E-state index contributed by atoms with van der Waals surface area (Å²) in [6.07, 6.45) is 1.78. The summed E-state index contributed by atoms with van der Waals surface area (Å²) in [5.41, 5.74) is 7.98. The Morgan fingerprint density at radius 3 is 2.16 bits per heavy atom. The molecule has 0 spiro atoms. The number of aryl methyl sites for hydroxylation is 1. The SMILES string of the molecule is Cn1c(=O)n(Cc2ccccc2C#N)c(=O)c2c1nc(N1CCC[C@@H](N)C1)n2Cc1ccccc1C#N. The summed E-state index contributed by atoms with van der Waals surface area (Å²) in [6, 6.07) is 18.4. The van der Waals surface area contributed by atoms with Crippen LogP contribution in [0.25, 0.3) is 11.2 Å². The van der Waals surface area contributed by atoms with Gasteiger partial charge in [0.1, 0.15) is 0 Å². The molecule has 186 valence electrons. The number of piperidine rings is 1. The van der Waals surface area contributed by atoms with Crippen molar-refractivity contribution in [1.29, 1.82) is 10.5 Å². The normalized spacial score (nSPS) is 15.5. The summed E-state index contributed by atoms with van der Waals surface area (Å²) in [7, 11) is 1.59. The summed E-state index contributed by atoms with van der Waals surface area (Å²) in [4.78, 5) is 34.1. The summed E-state index contributed by atoms with van der Waals surface area (Å²) >= 11 is 0. The zero-order valence-corrected chi connectivity index (χ0v) is 20.5. The number of imidazole rings is 1. The number of fused-ring (bicyclic) bond motifs is 1. The Hall–Kier alpha value is -4.67. The highest BCUT2D eigenvalue weighted by Gasteiger charge is 2.27. The average molecular weight is 495 g/mol. The monoisotopic (exact) mass is 494 g/mol. The molecule has 0 aliphatic carbocycles. The van der Waals surface area contributed by atoms with Crippen LogP contribution in [0.5, 0.6) is 0 Å². The third-order valence-corrected chi connectivity index (χ3v) is 6.89. The molecule has 3 heterocycles. The predicted octanol–water partition coefficient (Wildman–Crippen LogP) is 1.66. The standard InChI is InChI=1S/C27H26N8O2/c1-32-24-23(25(36)35(27(32)37)16-21-10-5-3-8-19(21)14-29)34(15-20-9-4-2-7-18(20)13-28)26(31-24)33-12-6-11-22(30)17-33/h2-5,7-10,22H,6,11-12,15-17,30H2,1H3/t22-/m1/s1. The Bertz CT molecular complexity index is 1700. The lowest BCUT2D eigenvalue weighted by Crippen LogP contribution is -2.44. The van der Waals surface area contributed by atoms with Gasteiger partial charge in [-0.2, -0.15) is 15.5 Å².